The highest BCUT2D eigenvalue weighted by molar-refractivity contribution is 5.89. The Morgan fingerprint density at radius 1 is 1.46 bits per heavy atom. The minimum Gasteiger partial charge on any atom is -0.465 e. The summed E-state index contributed by atoms with van der Waals surface area (Å²) in [5.74, 6) is 2.20. The van der Waals surface area contributed by atoms with Crippen molar-refractivity contribution in [2.24, 2.45) is 0 Å². The molecule has 0 aliphatic carbocycles. The zero-order chi connectivity index (χ0) is 9.68. The molecule has 1 aromatic carbocycles. The van der Waals surface area contributed by atoms with E-state index in [1.54, 1.807) is 12.1 Å². The average Bonchev–Trinajstić information content (AvgIpc) is 2.18. The molecule has 0 radical (unpaired) electrons. The molecule has 0 fully saturated rings. The molecule has 0 saturated heterocycles. The first-order chi connectivity index (χ1) is 6.27. The SMILES string of the molecule is C#CCc1ccc(C(=O)OC)cc1. The van der Waals surface area contributed by atoms with Crippen molar-refractivity contribution in [2.75, 3.05) is 7.11 Å². The summed E-state index contributed by atoms with van der Waals surface area (Å²) in [6.07, 6.45) is 5.73. The second kappa shape index (κ2) is 4.32. The lowest BCUT2D eigenvalue weighted by Gasteiger charge is -1.99. The van der Waals surface area contributed by atoms with E-state index in [0.29, 0.717) is 12.0 Å². The third kappa shape index (κ3) is 2.34. The molecule has 0 spiro atoms. The van der Waals surface area contributed by atoms with E-state index in [4.69, 9.17) is 6.42 Å². The van der Waals surface area contributed by atoms with E-state index in [1.807, 2.05) is 12.1 Å². The molecule has 0 N–H and O–H groups in total. The van der Waals surface area contributed by atoms with Gasteiger partial charge in [-0.3, -0.25) is 0 Å². The summed E-state index contributed by atoms with van der Waals surface area (Å²) >= 11 is 0. The maximum absolute atomic E-state index is 11.0. The van der Waals surface area contributed by atoms with Crippen LogP contribution in [0.5, 0.6) is 0 Å². The fourth-order valence-electron chi connectivity index (χ4n) is 0.994. The lowest BCUT2D eigenvalue weighted by Crippen LogP contribution is -2.00. The van der Waals surface area contributed by atoms with Crippen LogP contribution < -0.4 is 0 Å². The summed E-state index contributed by atoms with van der Waals surface area (Å²) in [5.41, 5.74) is 1.57. The lowest BCUT2D eigenvalue weighted by molar-refractivity contribution is 0.0601. The molecule has 1 rings (SSSR count). The standard InChI is InChI=1S/C11H10O2/c1-3-4-9-5-7-10(8-6-9)11(12)13-2/h1,5-8H,4H2,2H3. The molecule has 0 aliphatic heterocycles. The van der Waals surface area contributed by atoms with Crippen molar-refractivity contribution in [3.05, 3.63) is 35.4 Å². The van der Waals surface area contributed by atoms with Crippen LogP contribution >= 0.6 is 0 Å². The Hall–Kier alpha value is -1.75. The van der Waals surface area contributed by atoms with Crippen molar-refractivity contribution in [1.29, 1.82) is 0 Å². The maximum atomic E-state index is 11.0. The number of carbonyl (C=O) groups is 1. The highest BCUT2D eigenvalue weighted by Crippen LogP contribution is 2.05. The second-order valence-electron chi connectivity index (χ2n) is 2.57. The summed E-state index contributed by atoms with van der Waals surface area (Å²) in [6.45, 7) is 0. The van der Waals surface area contributed by atoms with Crippen molar-refractivity contribution >= 4 is 5.97 Å². The van der Waals surface area contributed by atoms with Crippen molar-refractivity contribution in [3.8, 4) is 12.3 Å². The summed E-state index contributed by atoms with van der Waals surface area (Å²) in [4.78, 5) is 11.0. The van der Waals surface area contributed by atoms with Crippen molar-refractivity contribution in [2.45, 2.75) is 6.42 Å². The molecular formula is C11H10O2. The fraction of sp³-hybridized carbons (Fsp3) is 0.182. The normalized spacial score (nSPS) is 8.92. The first-order valence-corrected chi connectivity index (χ1v) is 3.88. The smallest absolute Gasteiger partial charge is 0.337 e. The van der Waals surface area contributed by atoms with Gasteiger partial charge in [-0.2, -0.15) is 0 Å². The van der Waals surface area contributed by atoms with Gasteiger partial charge in [-0.05, 0) is 17.7 Å². The van der Waals surface area contributed by atoms with Gasteiger partial charge >= 0.3 is 5.97 Å². The number of carbonyl (C=O) groups excluding carboxylic acids is 1. The summed E-state index contributed by atoms with van der Waals surface area (Å²) < 4.78 is 4.56. The zero-order valence-electron chi connectivity index (χ0n) is 7.41. The Kier molecular flexibility index (Phi) is 3.10. The number of terminal acetylenes is 1. The second-order valence-corrected chi connectivity index (χ2v) is 2.57. The van der Waals surface area contributed by atoms with Gasteiger partial charge in [-0.15, -0.1) is 12.3 Å². The van der Waals surface area contributed by atoms with Gasteiger partial charge in [-0.1, -0.05) is 12.1 Å². The highest BCUT2D eigenvalue weighted by atomic mass is 16.5. The van der Waals surface area contributed by atoms with Gasteiger partial charge in [-0.25, -0.2) is 4.79 Å². The summed E-state index contributed by atoms with van der Waals surface area (Å²) in [6, 6.07) is 7.06. The van der Waals surface area contributed by atoms with E-state index >= 15 is 0 Å². The summed E-state index contributed by atoms with van der Waals surface area (Å²) in [5, 5.41) is 0. The van der Waals surface area contributed by atoms with Gasteiger partial charge in [0.05, 0.1) is 12.7 Å². The molecule has 0 aromatic heterocycles. The van der Waals surface area contributed by atoms with Gasteiger partial charge in [0, 0.05) is 6.42 Å². The first-order valence-electron chi connectivity index (χ1n) is 3.88. The van der Waals surface area contributed by atoms with E-state index in [1.165, 1.54) is 7.11 Å². The quantitative estimate of drug-likeness (QED) is 0.503. The number of benzene rings is 1. The minimum absolute atomic E-state index is 0.327. The van der Waals surface area contributed by atoms with Crippen LogP contribution in [0.1, 0.15) is 15.9 Å². The van der Waals surface area contributed by atoms with E-state index in [9.17, 15) is 4.79 Å². The third-order valence-corrected chi connectivity index (χ3v) is 1.68. The van der Waals surface area contributed by atoms with Gasteiger partial charge in [0.1, 0.15) is 0 Å². The monoisotopic (exact) mass is 174 g/mol. The first kappa shape index (κ1) is 9.34. The number of esters is 1. The van der Waals surface area contributed by atoms with Crippen LogP contribution in [0.25, 0.3) is 0 Å². The molecule has 0 saturated carbocycles. The molecule has 0 bridgehead atoms. The molecule has 66 valence electrons. The van der Waals surface area contributed by atoms with Crippen molar-refractivity contribution in [3.63, 3.8) is 0 Å². The summed E-state index contributed by atoms with van der Waals surface area (Å²) in [7, 11) is 1.36. The van der Waals surface area contributed by atoms with Crippen LogP contribution in [0.3, 0.4) is 0 Å². The van der Waals surface area contributed by atoms with Gasteiger partial charge < -0.3 is 4.74 Å². The van der Waals surface area contributed by atoms with E-state index < -0.39 is 0 Å². The number of rotatable bonds is 2. The third-order valence-electron chi connectivity index (χ3n) is 1.68. The Balaban J connectivity index is 2.82. The molecule has 1 aromatic rings. The number of hydrogen-bond acceptors (Lipinski definition) is 2. The fourth-order valence-corrected chi connectivity index (χ4v) is 0.994. The van der Waals surface area contributed by atoms with E-state index in [0.717, 1.165) is 5.56 Å². The van der Waals surface area contributed by atoms with E-state index in [-0.39, 0.29) is 5.97 Å². The number of methoxy groups -OCH3 is 1. The molecule has 13 heavy (non-hydrogen) atoms. The maximum Gasteiger partial charge on any atom is 0.337 e. The molecule has 0 unspecified atom stereocenters. The van der Waals surface area contributed by atoms with Crippen LogP contribution in [-0.2, 0) is 11.2 Å². The largest absolute Gasteiger partial charge is 0.465 e. The van der Waals surface area contributed by atoms with Gasteiger partial charge in [0.25, 0.3) is 0 Å². The number of hydrogen-bond donors (Lipinski definition) is 0. The molecule has 0 heterocycles. The Morgan fingerprint density at radius 3 is 2.54 bits per heavy atom. The number of ether oxygens (including phenoxy) is 1. The van der Waals surface area contributed by atoms with Crippen molar-refractivity contribution in [1.82, 2.24) is 0 Å². The Morgan fingerprint density at radius 2 is 2.08 bits per heavy atom. The Labute approximate surface area is 77.5 Å². The lowest BCUT2D eigenvalue weighted by atomic mass is 10.1. The molecule has 2 heteroatoms. The molecule has 2 nitrogen and oxygen atoms in total. The highest BCUT2D eigenvalue weighted by Gasteiger charge is 2.03. The average molecular weight is 174 g/mol. The minimum atomic E-state index is -0.327. The van der Waals surface area contributed by atoms with Crippen LogP contribution in [-0.4, -0.2) is 13.1 Å². The van der Waals surface area contributed by atoms with Crippen LogP contribution in [0.2, 0.25) is 0 Å². The predicted octanol–water partition coefficient (Wildman–Crippen LogP) is 1.65. The molecular weight excluding hydrogens is 164 g/mol. The molecule has 0 aliphatic rings. The van der Waals surface area contributed by atoms with Crippen molar-refractivity contribution < 1.29 is 9.53 Å². The van der Waals surface area contributed by atoms with Gasteiger partial charge in [0.15, 0.2) is 0 Å². The Bertz CT molecular complexity index is 330. The van der Waals surface area contributed by atoms with E-state index in [2.05, 4.69) is 10.7 Å². The van der Waals surface area contributed by atoms with Crippen LogP contribution in [0.15, 0.2) is 24.3 Å². The van der Waals surface area contributed by atoms with Gasteiger partial charge in [0.2, 0.25) is 0 Å². The zero-order valence-corrected chi connectivity index (χ0v) is 7.41. The molecule has 0 atom stereocenters. The topological polar surface area (TPSA) is 26.3 Å². The molecule has 0 amide bonds. The van der Waals surface area contributed by atoms with Crippen LogP contribution in [0, 0.1) is 12.3 Å². The predicted molar refractivity (Wildman–Crippen MR) is 50.3 cm³/mol. The van der Waals surface area contributed by atoms with Crippen LogP contribution in [0.4, 0.5) is 0 Å².